The number of aliphatic hydroxyl groups is 1. The molecule has 0 aliphatic heterocycles. The van der Waals surface area contributed by atoms with Crippen LogP contribution in [0.5, 0.6) is 0 Å². The van der Waals surface area contributed by atoms with Crippen LogP contribution in [0.2, 0.25) is 0 Å². The molecule has 0 unspecified atom stereocenters. The maximum absolute atomic E-state index is 10.1. The van der Waals surface area contributed by atoms with Crippen LogP contribution in [-0.2, 0) is 18.0 Å². The standard InChI is InChI=1S/C37H31NO2/c1-27(40-26-34-24-32-22-30-11-9-8-10-29(30)21-31(32)23-33(34)25-39)20-28-16-18-37(19-17-28)38(35-12-4-2-5-13-35)36-14-6-3-7-15-36/h2-24,39H,25-26H2,1H3. The van der Waals surface area contributed by atoms with Gasteiger partial charge in [-0.1, -0.05) is 72.8 Å². The molecule has 0 amide bonds. The van der Waals surface area contributed by atoms with Crippen LogP contribution in [0.3, 0.4) is 0 Å². The fourth-order valence-corrected chi connectivity index (χ4v) is 5.16. The molecular formula is C37H31NO2. The quantitative estimate of drug-likeness (QED) is 0.160. The lowest BCUT2D eigenvalue weighted by molar-refractivity contribution is 0.199. The Kier molecular flexibility index (Phi) is 7.30. The molecule has 6 aromatic carbocycles. The average Bonchev–Trinajstić information content (AvgIpc) is 3.00. The van der Waals surface area contributed by atoms with E-state index in [2.05, 4.69) is 126 Å². The summed E-state index contributed by atoms with van der Waals surface area (Å²) in [6.07, 6.45) is 2.05. The van der Waals surface area contributed by atoms with Crippen LogP contribution in [0.1, 0.15) is 23.6 Å². The van der Waals surface area contributed by atoms with E-state index in [1.807, 2.05) is 25.1 Å². The molecule has 0 spiro atoms. The fraction of sp³-hybridized carbons (Fsp3) is 0.0811. The molecule has 6 aromatic rings. The van der Waals surface area contributed by atoms with Crippen molar-refractivity contribution in [3.63, 3.8) is 0 Å². The highest BCUT2D eigenvalue weighted by molar-refractivity contribution is 5.98. The maximum atomic E-state index is 10.1. The van der Waals surface area contributed by atoms with Crippen LogP contribution < -0.4 is 4.90 Å². The highest BCUT2D eigenvalue weighted by Gasteiger charge is 2.12. The maximum Gasteiger partial charge on any atom is 0.113 e. The first kappa shape index (κ1) is 25.4. The number of benzene rings is 6. The molecule has 40 heavy (non-hydrogen) atoms. The second-order valence-corrected chi connectivity index (χ2v) is 9.97. The van der Waals surface area contributed by atoms with Crippen molar-refractivity contribution in [3.8, 4) is 0 Å². The SMILES string of the molecule is CC(=Cc1ccc(N(c2ccccc2)c2ccccc2)cc1)OCc1cc2cc3ccccc3cc2cc1CO. The number of para-hydroxylation sites is 2. The van der Waals surface area contributed by atoms with Crippen LogP contribution >= 0.6 is 0 Å². The van der Waals surface area contributed by atoms with Crippen LogP contribution in [0.15, 0.2) is 139 Å². The third-order valence-corrected chi connectivity index (χ3v) is 7.20. The van der Waals surface area contributed by atoms with E-state index < -0.39 is 0 Å². The Morgan fingerprint density at radius 1 is 0.600 bits per heavy atom. The Balaban J connectivity index is 1.21. The van der Waals surface area contributed by atoms with Crippen molar-refractivity contribution in [2.45, 2.75) is 20.1 Å². The summed E-state index contributed by atoms with van der Waals surface area (Å²) in [4.78, 5) is 2.25. The van der Waals surface area contributed by atoms with Crippen molar-refractivity contribution in [2.75, 3.05) is 4.90 Å². The first-order valence-electron chi connectivity index (χ1n) is 13.5. The summed E-state index contributed by atoms with van der Waals surface area (Å²) < 4.78 is 6.17. The van der Waals surface area contributed by atoms with Gasteiger partial charge in [-0.05, 0) is 112 Å². The molecule has 0 aliphatic rings. The minimum atomic E-state index is -0.0228. The fourth-order valence-electron chi connectivity index (χ4n) is 5.16. The summed E-state index contributed by atoms with van der Waals surface area (Å²) >= 11 is 0. The number of anilines is 3. The zero-order valence-corrected chi connectivity index (χ0v) is 22.5. The van der Waals surface area contributed by atoms with Crippen LogP contribution in [0.4, 0.5) is 17.1 Å². The predicted molar refractivity (Wildman–Crippen MR) is 167 cm³/mol. The lowest BCUT2D eigenvalue weighted by Crippen LogP contribution is -2.09. The zero-order valence-electron chi connectivity index (χ0n) is 22.5. The van der Waals surface area contributed by atoms with E-state index in [-0.39, 0.29) is 6.61 Å². The molecule has 0 atom stereocenters. The van der Waals surface area contributed by atoms with Crippen LogP contribution in [0.25, 0.3) is 27.6 Å². The van der Waals surface area contributed by atoms with E-state index >= 15 is 0 Å². The van der Waals surface area contributed by atoms with Gasteiger partial charge in [-0.15, -0.1) is 0 Å². The van der Waals surface area contributed by atoms with E-state index in [9.17, 15) is 5.11 Å². The molecule has 0 saturated carbocycles. The molecule has 0 bridgehead atoms. The Bertz CT molecular complexity index is 1740. The summed E-state index contributed by atoms with van der Waals surface area (Å²) in [6, 6.07) is 46.2. The van der Waals surface area contributed by atoms with Gasteiger partial charge in [0.25, 0.3) is 0 Å². The highest BCUT2D eigenvalue weighted by Crippen LogP contribution is 2.34. The van der Waals surface area contributed by atoms with Gasteiger partial charge in [0, 0.05) is 17.1 Å². The van der Waals surface area contributed by atoms with E-state index in [4.69, 9.17) is 4.74 Å². The van der Waals surface area contributed by atoms with Gasteiger partial charge in [0.05, 0.1) is 12.4 Å². The monoisotopic (exact) mass is 521 g/mol. The Morgan fingerprint density at radius 2 is 1.10 bits per heavy atom. The van der Waals surface area contributed by atoms with Crippen molar-refractivity contribution < 1.29 is 9.84 Å². The summed E-state index contributed by atoms with van der Waals surface area (Å²) in [7, 11) is 0. The van der Waals surface area contributed by atoms with Gasteiger partial charge >= 0.3 is 0 Å². The number of rotatable bonds is 8. The number of hydrogen-bond acceptors (Lipinski definition) is 3. The Hall–Kier alpha value is -4.86. The van der Waals surface area contributed by atoms with Crippen molar-refractivity contribution in [3.05, 3.63) is 156 Å². The smallest absolute Gasteiger partial charge is 0.113 e. The second kappa shape index (κ2) is 11.5. The van der Waals surface area contributed by atoms with Crippen LogP contribution in [0, 0.1) is 0 Å². The summed E-state index contributed by atoms with van der Waals surface area (Å²) in [5, 5.41) is 14.7. The largest absolute Gasteiger partial charge is 0.494 e. The number of aliphatic hydroxyl groups excluding tert-OH is 1. The minimum absolute atomic E-state index is 0.0228. The van der Waals surface area contributed by atoms with Gasteiger partial charge in [0.15, 0.2) is 0 Å². The number of hydrogen-bond donors (Lipinski definition) is 1. The Morgan fingerprint density at radius 3 is 1.65 bits per heavy atom. The van der Waals surface area contributed by atoms with E-state index in [1.165, 1.54) is 10.8 Å². The average molecular weight is 522 g/mol. The van der Waals surface area contributed by atoms with Gasteiger partial charge in [-0.2, -0.15) is 0 Å². The molecule has 6 rings (SSSR count). The first-order valence-corrected chi connectivity index (χ1v) is 13.5. The lowest BCUT2D eigenvalue weighted by Gasteiger charge is -2.25. The van der Waals surface area contributed by atoms with E-state index in [0.29, 0.717) is 6.61 Å². The van der Waals surface area contributed by atoms with Gasteiger partial charge in [0.1, 0.15) is 6.61 Å². The van der Waals surface area contributed by atoms with Crippen molar-refractivity contribution >= 4 is 44.7 Å². The van der Waals surface area contributed by atoms with E-state index in [1.54, 1.807) is 0 Å². The first-order chi connectivity index (χ1) is 19.7. The van der Waals surface area contributed by atoms with Crippen LogP contribution in [-0.4, -0.2) is 5.11 Å². The summed E-state index contributed by atoms with van der Waals surface area (Å²) in [6.45, 7) is 2.35. The molecular weight excluding hydrogens is 490 g/mol. The second-order valence-electron chi connectivity index (χ2n) is 9.97. The molecule has 1 N–H and O–H groups in total. The van der Waals surface area contributed by atoms with Gasteiger partial charge in [-0.3, -0.25) is 0 Å². The molecule has 3 heteroatoms. The van der Waals surface area contributed by atoms with Crippen molar-refractivity contribution in [1.29, 1.82) is 0 Å². The normalized spacial score (nSPS) is 11.6. The van der Waals surface area contributed by atoms with Gasteiger partial charge in [0.2, 0.25) is 0 Å². The van der Waals surface area contributed by atoms with E-state index in [0.717, 1.165) is 50.3 Å². The number of ether oxygens (including phenoxy) is 1. The molecule has 0 aromatic heterocycles. The number of nitrogens with zero attached hydrogens (tertiary/aromatic N) is 1. The molecule has 0 radical (unpaired) electrons. The molecule has 0 saturated heterocycles. The topological polar surface area (TPSA) is 32.7 Å². The number of fused-ring (bicyclic) bond motifs is 2. The molecule has 0 aliphatic carbocycles. The highest BCUT2D eigenvalue weighted by atomic mass is 16.5. The summed E-state index contributed by atoms with van der Waals surface area (Å²) in [5.74, 6) is 0.818. The third-order valence-electron chi connectivity index (χ3n) is 7.20. The van der Waals surface area contributed by atoms with Gasteiger partial charge in [-0.25, -0.2) is 0 Å². The van der Waals surface area contributed by atoms with Gasteiger partial charge < -0.3 is 14.7 Å². The van der Waals surface area contributed by atoms with Crippen molar-refractivity contribution in [1.82, 2.24) is 0 Å². The number of allylic oxidation sites excluding steroid dienone is 1. The lowest BCUT2D eigenvalue weighted by atomic mass is 9.98. The molecule has 0 heterocycles. The third kappa shape index (κ3) is 5.47. The molecule has 3 nitrogen and oxygen atoms in total. The van der Waals surface area contributed by atoms with Crippen molar-refractivity contribution in [2.24, 2.45) is 0 Å². The predicted octanol–water partition coefficient (Wildman–Crippen LogP) is 9.53. The zero-order chi connectivity index (χ0) is 27.3. The Labute approximate surface area is 235 Å². The molecule has 196 valence electrons. The minimum Gasteiger partial charge on any atom is -0.494 e. The summed E-state index contributed by atoms with van der Waals surface area (Å²) in [5.41, 5.74) is 6.26. The molecule has 0 fully saturated rings.